The Balaban J connectivity index is 1.21. The van der Waals surface area contributed by atoms with Crippen molar-refractivity contribution in [2.75, 3.05) is 31.8 Å². The van der Waals surface area contributed by atoms with Crippen molar-refractivity contribution < 1.29 is 23.9 Å². The predicted octanol–water partition coefficient (Wildman–Crippen LogP) is 4.71. The molecule has 3 aliphatic heterocycles. The van der Waals surface area contributed by atoms with Gasteiger partial charge in [0.2, 0.25) is 12.7 Å². The summed E-state index contributed by atoms with van der Waals surface area (Å²) in [6, 6.07) is 14.9. The molecular weight excluding hydrogens is 502 g/mol. The van der Waals surface area contributed by atoms with E-state index in [-0.39, 0.29) is 43.0 Å². The average molecular weight is 532 g/mol. The largest absolute Gasteiger partial charge is 0.454 e. The topological polar surface area (TPSA) is 79.4 Å². The lowest BCUT2D eigenvalue weighted by Crippen LogP contribution is -2.44. The van der Waals surface area contributed by atoms with Gasteiger partial charge in [-0.25, -0.2) is 0 Å². The van der Waals surface area contributed by atoms with Gasteiger partial charge in [0, 0.05) is 25.0 Å². The van der Waals surface area contributed by atoms with Crippen LogP contribution in [0.3, 0.4) is 0 Å². The Bertz CT molecular complexity index is 1410. The first-order valence-corrected chi connectivity index (χ1v) is 13.7. The maximum absolute atomic E-state index is 13.6. The minimum absolute atomic E-state index is 0.00258. The second-order valence-electron chi connectivity index (χ2n) is 10.0. The smallest absolute Gasteiger partial charge is 0.263 e. The SMILES string of the molecule is C[C@@H](c1cccs1)N(C)C(=O)[C@H]1CCCN(c2cccc3c2C(=O)N(Cc2ccc4c(c2)OCO4)C3=O)C1. The summed E-state index contributed by atoms with van der Waals surface area (Å²) < 4.78 is 10.8. The zero-order valence-corrected chi connectivity index (χ0v) is 22.2. The van der Waals surface area contributed by atoms with E-state index >= 15 is 0 Å². The van der Waals surface area contributed by atoms with Gasteiger partial charge in [-0.2, -0.15) is 0 Å². The Morgan fingerprint density at radius 3 is 2.76 bits per heavy atom. The number of nitrogens with zero attached hydrogens (tertiary/aromatic N) is 3. The van der Waals surface area contributed by atoms with Gasteiger partial charge in [-0.3, -0.25) is 19.3 Å². The van der Waals surface area contributed by atoms with E-state index in [1.165, 1.54) is 4.90 Å². The summed E-state index contributed by atoms with van der Waals surface area (Å²) >= 11 is 1.65. The fourth-order valence-corrected chi connectivity index (χ4v) is 6.37. The van der Waals surface area contributed by atoms with Gasteiger partial charge in [-0.15, -0.1) is 11.3 Å². The van der Waals surface area contributed by atoms with Crippen molar-refractivity contribution in [3.8, 4) is 11.5 Å². The fraction of sp³-hybridized carbons (Fsp3) is 0.345. The molecule has 1 saturated heterocycles. The first-order chi connectivity index (χ1) is 18.4. The van der Waals surface area contributed by atoms with E-state index in [1.54, 1.807) is 29.5 Å². The van der Waals surface area contributed by atoms with E-state index in [1.807, 2.05) is 48.5 Å². The Morgan fingerprint density at radius 2 is 1.95 bits per heavy atom. The summed E-state index contributed by atoms with van der Waals surface area (Å²) in [5, 5.41) is 2.02. The second-order valence-corrected chi connectivity index (χ2v) is 11.0. The Kier molecular flexibility index (Phi) is 6.31. The minimum atomic E-state index is -0.310. The van der Waals surface area contributed by atoms with Gasteiger partial charge in [0.15, 0.2) is 11.5 Å². The third-order valence-corrected chi connectivity index (χ3v) is 8.79. The maximum Gasteiger partial charge on any atom is 0.263 e. The molecule has 0 unspecified atom stereocenters. The molecule has 1 aromatic heterocycles. The highest BCUT2D eigenvalue weighted by atomic mass is 32.1. The number of carbonyl (C=O) groups is 3. The molecule has 2 aromatic carbocycles. The minimum Gasteiger partial charge on any atom is -0.454 e. The standard InChI is InChI=1S/C29H29N3O5S/c1-18(25-9-5-13-38-25)30(2)27(33)20-6-4-12-31(16-20)22-8-3-7-21-26(22)29(35)32(28(21)34)15-19-10-11-23-24(14-19)37-17-36-23/h3,5,7-11,13-14,18,20H,4,6,12,15-17H2,1-2H3/t18-,20-/m0/s1. The molecule has 0 radical (unpaired) electrons. The molecule has 196 valence electrons. The van der Waals surface area contributed by atoms with Crippen molar-refractivity contribution in [2.24, 2.45) is 5.92 Å². The van der Waals surface area contributed by atoms with Gasteiger partial charge in [0.25, 0.3) is 11.8 Å². The number of hydrogen-bond donors (Lipinski definition) is 0. The molecule has 0 N–H and O–H groups in total. The van der Waals surface area contributed by atoms with Crippen LogP contribution in [0, 0.1) is 5.92 Å². The molecule has 0 bridgehead atoms. The number of imide groups is 1. The van der Waals surface area contributed by atoms with Crippen LogP contribution in [-0.2, 0) is 11.3 Å². The van der Waals surface area contributed by atoms with Crippen LogP contribution in [-0.4, -0.2) is 54.5 Å². The van der Waals surface area contributed by atoms with E-state index in [0.29, 0.717) is 29.2 Å². The molecule has 4 heterocycles. The predicted molar refractivity (Wildman–Crippen MR) is 144 cm³/mol. The summed E-state index contributed by atoms with van der Waals surface area (Å²) in [5.74, 6) is 0.581. The van der Waals surface area contributed by atoms with E-state index in [2.05, 4.69) is 11.0 Å². The zero-order valence-electron chi connectivity index (χ0n) is 21.4. The number of piperidine rings is 1. The molecule has 9 heteroatoms. The van der Waals surface area contributed by atoms with Crippen LogP contribution in [0.5, 0.6) is 11.5 Å². The van der Waals surface area contributed by atoms with Gasteiger partial charge in [-0.05, 0) is 61.0 Å². The second kappa shape index (κ2) is 9.79. The average Bonchev–Trinajstić information content (AvgIpc) is 3.70. The van der Waals surface area contributed by atoms with Crippen LogP contribution < -0.4 is 14.4 Å². The number of benzene rings is 2. The van der Waals surface area contributed by atoms with Gasteiger partial charge in [-0.1, -0.05) is 18.2 Å². The normalized spacial score (nSPS) is 19.1. The summed E-state index contributed by atoms with van der Waals surface area (Å²) in [7, 11) is 1.86. The number of anilines is 1. The van der Waals surface area contributed by atoms with Crippen molar-refractivity contribution in [3.05, 3.63) is 75.5 Å². The molecule has 2 atom stereocenters. The molecule has 0 saturated carbocycles. The van der Waals surface area contributed by atoms with Crippen LogP contribution in [0.1, 0.15) is 57.0 Å². The quantitative estimate of drug-likeness (QED) is 0.429. The molecule has 6 rings (SSSR count). The highest BCUT2D eigenvalue weighted by Gasteiger charge is 2.40. The van der Waals surface area contributed by atoms with Gasteiger partial charge >= 0.3 is 0 Å². The lowest BCUT2D eigenvalue weighted by molar-refractivity contribution is -0.136. The third kappa shape index (κ3) is 4.20. The van der Waals surface area contributed by atoms with Crippen molar-refractivity contribution in [2.45, 2.75) is 32.4 Å². The maximum atomic E-state index is 13.6. The molecule has 38 heavy (non-hydrogen) atoms. The van der Waals surface area contributed by atoms with Crippen LogP contribution in [0.2, 0.25) is 0 Å². The van der Waals surface area contributed by atoms with Gasteiger partial charge in [0.1, 0.15) is 0 Å². The summed E-state index contributed by atoms with van der Waals surface area (Å²) in [6.07, 6.45) is 1.64. The summed E-state index contributed by atoms with van der Waals surface area (Å²) in [4.78, 5) is 46.7. The number of rotatable bonds is 6. The number of fused-ring (bicyclic) bond motifs is 2. The van der Waals surface area contributed by atoms with Crippen LogP contribution >= 0.6 is 11.3 Å². The molecule has 3 aliphatic rings. The van der Waals surface area contributed by atoms with Crippen molar-refractivity contribution in [1.29, 1.82) is 0 Å². The van der Waals surface area contributed by atoms with Crippen LogP contribution in [0.15, 0.2) is 53.9 Å². The highest BCUT2D eigenvalue weighted by molar-refractivity contribution is 7.10. The first kappa shape index (κ1) is 24.5. The van der Waals surface area contributed by atoms with E-state index in [0.717, 1.165) is 35.5 Å². The summed E-state index contributed by atoms with van der Waals surface area (Å²) in [6.45, 7) is 3.61. The van der Waals surface area contributed by atoms with Crippen molar-refractivity contribution in [1.82, 2.24) is 9.80 Å². The molecule has 0 spiro atoms. The van der Waals surface area contributed by atoms with Gasteiger partial charge < -0.3 is 19.3 Å². The number of amides is 3. The zero-order chi connectivity index (χ0) is 26.4. The lowest BCUT2D eigenvalue weighted by atomic mass is 9.94. The Hall–Kier alpha value is -3.85. The van der Waals surface area contributed by atoms with Gasteiger partial charge in [0.05, 0.1) is 35.3 Å². The molecule has 8 nitrogen and oxygen atoms in total. The number of hydrogen-bond acceptors (Lipinski definition) is 7. The van der Waals surface area contributed by atoms with Crippen molar-refractivity contribution >= 4 is 34.7 Å². The van der Waals surface area contributed by atoms with Crippen LogP contribution in [0.25, 0.3) is 0 Å². The monoisotopic (exact) mass is 531 g/mol. The lowest BCUT2D eigenvalue weighted by Gasteiger charge is -2.37. The van der Waals surface area contributed by atoms with Crippen LogP contribution in [0.4, 0.5) is 5.69 Å². The molecule has 0 aliphatic carbocycles. The number of ether oxygens (including phenoxy) is 2. The highest BCUT2D eigenvalue weighted by Crippen LogP contribution is 2.37. The van der Waals surface area contributed by atoms with E-state index in [9.17, 15) is 14.4 Å². The van der Waals surface area contributed by atoms with Crippen molar-refractivity contribution in [3.63, 3.8) is 0 Å². The molecule has 3 aromatic rings. The molecular formula is C29H29N3O5S. The van der Waals surface area contributed by atoms with E-state index < -0.39 is 0 Å². The number of thiophene rings is 1. The first-order valence-electron chi connectivity index (χ1n) is 12.8. The summed E-state index contributed by atoms with van der Waals surface area (Å²) in [5.41, 5.74) is 2.34. The Labute approximate surface area is 225 Å². The molecule has 3 amide bonds. The third-order valence-electron chi connectivity index (χ3n) is 7.75. The fourth-order valence-electron chi connectivity index (χ4n) is 5.54. The Morgan fingerprint density at radius 1 is 1.11 bits per heavy atom. The number of carbonyl (C=O) groups excluding carboxylic acids is 3. The molecule has 1 fully saturated rings. The van der Waals surface area contributed by atoms with E-state index in [4.69, 9.17) is 9.47 Å².